The van der Waals surface area contributed by atoms with Crippen molar-refractivity contribution in [2.24, 2.45) is 0 Å². The Morgan fingerprint density at radius 1 is 1.26 bits per heavy atom. The van der Waals surface area contributed by atoms with Crippen LogP contribution < -0.4 is 15.0 Å². The number of anilines is 2. The normalized spacial score (nSPS) is 16.5. The molecule has 7 nitrogen and oxygen atoms in total. The largest absolute Gasteiger partial charge is 0.493 e. The van der Waals surface area contributed by atoms with Crippen molar-refractivity contribution in [2.45, 2.75) is 32.2 Å². The smallest absolute Gasteiger partial charge is 0.259 e. The van der Waals surface area contributed by atoms with Gasteiger partial charge in [0.2, 0.25) is 5.95 Å². The van der Waals surface area contributed by atoms with Crippen LogP contribution in [0, 0.1) is 0 Å². The van der Waals surface area contributed by atoms with Gasteiger partial charge in [0.15, 0.2) is 0 Å². The van der Waals surface area contributed by atoms with Gasteiger partial charge < -0.3 is 14.8 Å². The maximum Gasteiger partial charge on any atom is 0.259 e. The summed E-state index contributed by atoms with van der Waals surface area (Å²) in [5.41, 5.74) is 1.74. The summed E-state index contributed by atoms with van der Waals surface area (Å²) in [7, 11) is 0. The third-order valence-electron chi connectivity index (χ3n) is 4.97. The van der Waals surface area contributed by atoms with Gasteiger partial charge in [-0.05, 0) is 49.6 Å². The molecule has 0 radical (unpaired) electrons. The molecular formula is C20H24N4O3. The number of carbonyl (C=O) groups is 1. The Balaban J connectivity index is 1.53. The van der Waals surface area contributed by atoms with Crippen molar-refractivity contribution >= 4 is 17.7 Å². The molecule has 1 fully saturated rings. The number of rotatable bonds is 5. The molecule has 4 rings (SSSR count). The summed E-state index contributed by atoms with van der Waals surface area (Å²) in [5, 5.41) is 3.36. The molecular weight excluding hydrogens is 344 g/mol. The van der Waals surface area contributed by atoms with Crippen LogP contribution >= 0.6 is 0 Å². The standard InChI is InChI=1S/C20H24N4O3/c1-2-24(19(25)15-3-4-17-14(13-15)6-12-27-17)18-5-9-21-20(23-18)22-16-7-10-26-11-8-16/h3-5,9,13,16H,2,6-8,10-12H2,1H3,(H,21,22,23). The van der Waals surface area contributed by atoms with E-state index in [1.165, 1.54) is 0 Å². The predicted octanol–water partition coefficient (Wildman–Crippen LogP) is 2.67. The number of nitrogens with one attached hydrogen (secondary N) is 1. The first-order valence-electron chi connectivity index (χ1n) is 9.49. The Morgan fingerprint density at radius 3 is 2.93 bits per heavy atom. The molecule has 0 spiro atoms. The molecule has 0 saturated carbocycles. The summed E-state index contributed by atoms with van der Waals surface area (Å²) in [6.45, 7) is 4.65. The fourth-order valence-electron chi connectivity index (χ4n) is 3.48. The predicted molar refractivity (Wildman–Crippen MR) is 102 cm³/mol. The number of aromatic nitrogens is 2. The summed E-state index contributed by atoms with van der Waals surface area (Å²) in [4.78, 5) is 23.6. The molecule has 1 aromatic carbocycles. The van der Waals surface area contributed by atoms with E-state index >= 15 is 0 Å². The molecule has 2 aromatic rings. The third-order valence-corrected chi connectivity index (χ3v) is 4.97. The van der Waals surface area contributed by atoms with Gasteiger partial charge in [-0.3, -0.25) is 9.69 Å². The lowest BCUT2D eigenvalue weighted by atomic mass is 10.1. The van der Waals surface area contributed by atoms with Gasteiger partial charge in [-0.2, -0.15) is 4.98 Å². The Labute approximate surface area is 158 Å². The highest BCUT2D eigenvalue weighted by atomic mass is 16.5. The van der Waals surface area contributed by atoms with E-state index in [0.29, 0.717) is 36.5 Å². The molecule has 27 heavy (non-hydrogen) atoms. The van der Waals surface area contributed by atoms with Gasteiger partial charge in [-0.1, -0.05) is 0 Å². The number of fused-ring (bicyclic) bond motifs is 1. The maximum absolute atomic E-state index is 13.1. The Bertz CT molecular complexity index is 821. The van der Waals surface area contributed by atoms with Crippen LogP contribution in [0.2, 0.25) is 0 Å². The van der Waals surface area contributed by atoms with Crippen LogP contribution in [0.15, 0.2) is 30.5 Å². The first-order chi connectivity index (χ1) is 13.2. The lowest BCUT2D eigenvalue weighted by molar-refractivity contribution is 0.0903. The van der Waals surface area contributed by atoms with E-state index in [0.717, 1.165) is 43.8 Å². The number of hydrogen-bond acceptors (Lipinski definition) is 6. The molecule has 0 unspecified atom stereocenters. The Kier molecular flexibility index (Phi) is 5.20. The van der Waals surface area contributed by atoms with Gasteiger partial charge in [0.1, 0.15) is 11.6 Å². The molecule has 3 heterocycles. The Hall–Kier alpha value is -2.67. The molecule has 2 aliphatic heterocycles. The zero-order valence-electron chi connectivity index (χ0n) is 15.5. The van der Waals surface area contributed by atoms with Crippen LogP contribution in [0.1, 0.15) is 35.7 Å². The zero-order chi connectivity index (χ0) is 18.6. The van der Waals surface area contributed by atoms with E-state index in [1.807, 2.05) is 25.1 Å². The van der Waals surface area contributed by atoms with Crippen molar-refractivity contribution in [2.75, 3.05) is 36.6 Å². The molecule has 0 bridgehead atoms. The van der Waals surface area contributed by atoms with Crippen LogP contribution in [0.3, 0.4) is 0 Å². The van der Waals surface area contributed by atoms with E-state index in [9.17, 15) is 4.79 Å². The summed E-state index contributed by atoms with van der Waals surface area (Å²) in [6.07, 6.45) is 4.40. The second-order valence-corrected chi connectivity index (χ2v) is 6.74. The SMILES string of the molecule is CCN(C(=O)c1ccc2c(c1)CCO2)c1ccnc(NC2CCOCC2)n1. The van der Waals surface area contributed by atoms with Crippen LogP contribution in [0.5, 0.6) is 5.75 Å². The minimum atomic E-state index is -0.0667. The number of nitrogens with zero attached hydrogens (tertiary/aromatic N) is 3. The minimum absolute atomic E-state index is 0.0667. The van der Waals surface area contributed by atoms with Gasteiger partial charge in [-0.15, -0.1) is 0 Å². The molecule has 1 N–H and O–H groups in total. The van der Waals surface area contributed by atoms with Crippen molar-refractivity contribution in [1.82, 2.24) is 9.97 Å². The monoisotopic (exact) mass is 368 g/mol. The quantitative estimate of drug-likeness (QED) is 0.874. The summed E-state index contributed by atoms with van der Waals surface area (Å²) in [5.74, 6) is 1.96. The average Bonchev–Trinajstić information content (AvgIpc) is 3.17. The lowest BCUT2D eigenvalue weighted by Gasteiger charge is -2.24. The third kappa shape index (κ3) is 3.88. The number of amides is 1. The molecule has 2 aliphatic rings. The molecule has 0 atom stereocenters. The first kappa shape index (κ1) is 17.7. The second kappa shape index (κ2) is 7.92. The van der Waals surface area contributed by atoms with Gasteiger partial charge in [-0.25, -0.2) is 4.98 Å². The van der Waals surface area contributed by atoms with Crippen LogP contribution in [0.25, 0.3) is 0 Å². The molecule has 0 aliphatic carbocycles. The van der Waals surface area contributed by atoms with Crippen LogP contribution in [-0.4, -0.2) is 48.3 Å². The van der Waals surface area contributed by atoms with Gasteiger partial charge in [0.05, 0.1) is 6.61 Å². The molecule has 142 valence electrons. The minimum Gasteiger partial charge on any atom is -0.493 e. The van der Waals surface area contributed by atoms with Crippen LogP contribution in [-0.2, 0) is 11.2 Å². The fraction of sp³-hybridized carbons (Fsp3) is 0.450. The number of ether oxygens (including phenoxy) is 2. The topological polar surface area (TPSA) is 76.6 Å². The first-order valence-corrected chi connectivity index (χ1v) is 9.49. The van der Waals surface area contributed by atoms with Crippen molar-refractivity contribution < 1.29 is 14.3 Å². The van der Waals surface area contributed by atoms with Gasteiger partial charge in [0, 0.05) is 44.0 Å². The summed E-state index contributed by atoms with van der Waals surface area (Å²) in [6, 6.07) is 7.69. The van der Waals surface area contributed by atoms with Crippen molar-refractivity contribution in [3.63, 3.8) is 0 Å². The van der Waals surface area contributed by atoms with Gasteiger partial charge >= 0.3 is 0 Å². The van der Waals surface area contributed by atoms with Gasteiger partial charge in [0.25, 0.3) is 5.91 Å². The van der Waals surface area contributed by atoms with E-state index < -0.39 is 0 Å². The van der Waals surface area contributed by atoms with E-state index in [4.69, 9.17) is 9.47 Å². The molecule has 7 heteroatoms. The molecule has 1 saturated heterocycles. The number of benzene rings is 1. The summed E-state index contributed by atoms with van der Waals surface area (Å²) < 4.78 is 10.9. The van der Waals surface area contributed by atoms with E-state index in [1.54, 1.807) is 17.2 Å². The Morgan fingerprint density at radius 2 is 2.11 bits per heavy atom. The average molecular weight is 368 g/mol. The number of carbonyl (C=O) groups excluding carboxylic acids is 1. The highest BCUT2D eigenvalue weighted by Crippen LogP contribution is 2.27. The maximum atomic E-state index is 13.1. The van der Waals surface area contributed by atoms with E-state index in [-0.39, 0.29) is 5.91 Å². The second-order valence-electron chi connectivity index (χ2n) is 6.74. The molecule has 1 amide bonds. The summed E-state index contributed by atoms with van der Waals surface area (Å²) >= 11 is 0. The zero-order valence-corrected chi connectivity index (χ0v) is 15.5. The lowest BCUT2D eigenvalue weighted by Crippen LogP contribution is -2.32. The van der Waals surface area contributed by atoms with E-state index in [2.05, 4.69) is 15.3 Å². The van der Waals surface area contributed by atoms with Crippen molar-refractivity contribution in [3.05, 3.63) is 41.6 Å². The fourth-order valence-corrected chi connectivity index (χ4v) is 3.48. The highest BCUT2D eigenvalue weighted by molar-refractivity contribution is 6.05. The van der Waals surface area contributed by atoms with Crippen LogP contribution in [0.4, 0.5) is 11.8 Å². The number of hydrogen-bond donors (Lipinski definition) is 1. The van der Waals surface area contributed by atoms with Crippen molar-refractivity contribution in [1.29, 1.82) is 0 Å². The highest BCUT2D eigenvalue weighted by Gasteiger charge is 2.21. The molecule has 1 aromatic heterocycles. The van der Waals surface area contributed by atoms with Crippen molar-refractivity contribution in [3.8, 4) is 5.75 Å².